The van der Waals surface area contributed by atoms with Gasteiger partial charge in [-0.25, -0.2) is 4.98 Å². The second-order valence-corrected chi connectivity index (χ2v) is 5.25. The Kier molecular flexibility index (Phi) is 4.04. The first-order valence-corrected chi connectivity index (χ1v) is 7.21. The standard InChI is InChI=1S/C17H17N3O3/c1-22-14-5-6-15(23-2)16-12(14)9-20(10-13(16)21)17-11(8-18)4-3-7-19-17/h3-7,13,21H,9-10H2,1-2H3/t13-/m1/s1. The number of hydrogen-bond acceptors (Lipinski definition) is 6. The minimum absolute atomic E-state index is 0.336. The van der Waals surface area contributed by atoms with Crippen molar-refractivity contribution in [3.8, 4) is 17.6 Å². The summed E-state index contributed by atoms with van der Waals surface area (Å²) in [5, 5.41) is 19.9. The van der Waals surface area contributed by atoms with Crippen LogP contribution in [0.2, 0.25) is 0 Å². The molecule has 3 rings (SSSR count). The maximum Gasteiger partial charge on any atom is 0.146 e. The van der Waals surface area contributed by atoms with Gasteiger partial charge in [0.1, 0.15) is 29.5 Å². The molecule has 6 heteroatoms. The monoisotopic (exact) mass is 311 g/mol. The largest absolute Gasteiger partial charge is 0.496 e. The zero-order chi connectivity index (χ0) is 16.4. The van der Waals surface area contributed by atoms with Crippen molar-refractivity contribution in [3.05, 3.63) is 47.2 Å². The van der Waals surface area contributed by atoms with E-state index in [1.807, 2.05) is 11.0 Å². The number of nitriles is 1. The average Bonchev–Trinajstić information content (AvgIpc) is 2.60. The van der Waals surface area contributed by atoms with Gasteiger partial charge in [-0.2, -0.15) is 5.26 Å². The molecule has 2 aromatic rings. The maximum absolute atomic E-state index is 10.6. The predicted molar refractivity (Wildman–Crippen MR) is 84.5 cm³/mol. The molecule has 0 bridgehead atoms. The fraction of sp³-hybridized carbons (Fsp3) is 0.294. The second kappa shape index (κ2) is 6.15. The summed E-state index contributed by atoms with van der Waals surface area (Å²) >= 11 is 0. The molecule has 1 aromatic carbocycles. The number of anilines is 1. The molecule has 6 nitrogen and oxygen atoms in total. The minimum atomic E-state index is -0.752. The molecule has 2 heterocycles. The van der Waals surface area contributed by atoms with Crippen LogP contribution in [0, 0.1) is 11.3 Å². The molecular weight excluding hydrogens is 294 g/mol. The predicted octanol–water partition coefficient (Wildman–Crippen LogP) is 2.02. The van der Waals surface area contributed by atoms with Gasteiger partial charge in [0.05, 0.1) is 26.3 Å². The van der Waals surface area contributed by atoms with E-state index >= 15 is 0 Å². The molecular formula is C17H17N3O3. The van der Waals surface area contributed by atoms with Gasteiger partial charge in [-0.15, -0.1) is 0 Å². The maximum atomic E-state index is 10.6. The van der Waals surface area contributed by atoms with Gasteiger partial charge in [-0.3, -0.25) is 0 Å². The molecule has 1 N–H and O–H groups in total. The van der Waals surface area contributed by atoms with Gasteiger partial charge >= 0.3 is 0 Å². The second-order valence-electron chi connectivity index (χ2n) is 5.25. The van der Waals surface area contributed by atoms with Gasteiger partial charge < -0.3 is 19.5 Å². The number of methoxy groups -OCH3 is 2. The number of nitrogens with zero attached hydrogens (tertiary/aromatic N) is 3. The highest BCUT2D eigenvalue weighted by molar-refractivity contribution is 5.59. The number of aromatic nitrogens is 1. The molecule has 0 saturated heterocycles. The van der Waals surface area contributed by atoms with E-state index in [0.29, 0.717) is 36.0 Å². The van der Waals surface area contributed by atoms with E-state index in [4.69, 9.17) is 9.47 Å². The number of aliphatic hydroxyl groups is 1. The van der Waals surface area contributed by atoms with Crippen LogP contribution in [0.5, 0.6) is 11.5 Å². The van der Waals surface area contributed by atoms with Gasteiger partial charge in [-0.1, -0.05) is 0 Å². The van der Waals surface area contributed by atoms with Crippen molar-refractivity contribution in [2.75, 3.05) is 25.7 Å². The van der Waals surface area contributed by atoms with Crippen LogP contribution in [0.4, 0.5) is 5.82 Å². The van der Waals surface area contributed by atoms with Crippen molar-refractivity contribution < 1.29 is 14.6 Å². The molecule has 1 aliphatic rings. The number of ether oxygens (including phenoxy) is 2. The van der Waals surface area contributed by atoms with E-state index in [9.17, 15) is 10.4 Å². The third-order valence-corrected chi connectivity index (χ3v) is 4.00. The van der Waals surface area contributed by atoms with Crippen LogP contribution in [0.15, 0.2) is 30.5 Å². The quantitative estimate of drug-likeness (QED) is 0.934. The fourth-order valence-corrected chi connectivity index (χ4v) is 2.97. The molecule has 0 saturated carbocycles. The first-order valence-electron chi connectivity index (χ1n) is 7.21. The van der Waals surface area contributed by atoms with Crippen molar-refractivity contribution in [2.24, 2.45) is 0 Å². The average molecular weight is 311 g/mol. The van der Waals surface area contributed by atoms with Crippen LogP contribution in [0.1, 0.15) is 22.8 Å². The molecule has 0 unspecified atom stereocenters. The van der Waals surface area contributed by atoms with E-state index in [-0.39, 0.29) is 0 Å². The third-order valence-electron chi connectivity index (χ3n) is 4.00. The van der Waals surface area contributed by atoms with Crippen LogP contribution in [-0.4, -0.2) is 30.9 Å². The highest BCUT2D eigenvalue weighted by atomic mass is 16.5. The van der Waals surface area contributed by atoms with Gasteiger partial charge in [-0.05, 0) is 24.3 Å². The Bertz CT molecular complexity index is 770. The Hall–Kier alpha value is -2.78. The molecule has 23 heavy (non-hydrogen) atoms. The summed E-state index contributed by atoms with van der Waals surface area (Å²) in [5.41, 5.74) is 2.06. The Labute approximate surface area is 134 Å². The number of β-amino-alcohol motifs (C(OH)–C–C–N with tert-alkyl or cyclic N) is 1. The van der Waals surface area contributed by atoms with Crippen molar-refractivity contribution in [1.29, 1.82) is 5.26 Å². The summed E-state index contributed by atoms with van der Waals surface area (Å²) in [6.07, 6.45) is 0.887. The normalized spacial score (nSPS) is 16.4. The summed E-state index contributed by atoms with van der Waals surface area (Å²) < 4.78 is 10.8. The topological polar surface area (TPSA) is 78.6 Å². The summed E-state index contributed by atoms with van der Waals surface area (Å²) in [7, 11) is 3.17. The summed E-state index contributed by atoms with van der Waals surface area (Å²) in [5.74, 6) is 1.87. The van der Waals surface area contributed by atoms with Crippen LogP contribution < -0.4 is 14.4 Å². The lowest BCUT2D eigenvalue weighted by Gasteiger charge is -2.35. The number of rotatable bonds is 3. The van der Waals surface area contributed by atoms with Crippen LogP contribution in [0.3, 0.4) is 0 Å². The third kappa shape index (κ3) is 2.56. The zero-order valence-corrected chi connectivity index (χ0v) is 13.0. The number of fused-ring (bicyclic) bond motifs is 1. The lowest BCUT2D eigenvalue weighted by molar-refractivity contribution is 0.169. The summed E-state index contributed by atoms with van der Waals surface area (Å²) in [4.78, 5) is 6.18. The van der Waals surface area contributed by atoms with E-state index in [1.165, 1.54) is 0 Å². The Morgan fingerprint density at radius 1 is 1.26 bits per heavy atom. The molecule has 118 valence electrons. The molecule has 1 aliphatic heterocycles. The minimum Gasteiger partial charge on any atom is -0.496 e. The van der Waals surface area contributed by atoms with Crippen LogP contribution >= 0.6 is 0 Å². The molecule has 0 spiro atoms. The highest BCUT2D eigenvalue weighted by Crippen LogP contribution is 2.40. The smallest absolute Gasteiger partial charge is 0.146 e. The van der Waals surface area contributed by atoms with Crippen molar-refractivity contribution >= 4 is 5.82 Å². The number of benzene rings is 1. The van der Waals surface area contributed by atoms with E-state index < -0.39 is 6.10 Å². The van der Waals surface area contributed by atoms with Gasteiger partial charge in [0, 0.05) is 23.9 Å². The first kappa shape index (κ1) is 15.1. The summed E-state index contributed by atoms with van der Waals surface area (Å²) in [6.45, 7) is 0.820. The van der Waals surface area contributed by atoms with Gasteiger partial charge in [0.2, 0.25) is 0 Å². The lowest BCUT2D eigenvalue weighted by atomic mass is 9.95. The number of pyridine rings is 1. The highest BCUT2D eigenvalue weighted by Gasteiger charge is 2.31. The SMILES string of the molecule is COc1ccc(OC)c2c1CN(c1ncccc1C#N)C[C@H]2O. The van der Waals surface area contributed by atoms with Gasteiger partial charge in [0.15, 0.2) is 0 Å². The van der Waals surface area contributed by atoms with Crippen molar-refractivity contribution in [2.45, 2.75) is 12.6 Å². The van der Waals surface area contributed by atoms with E-state index in [2.05, 4.69) is 11.1 Å². The summed E-state index contributed by atoms with van der Waals surface area (Å²) in [6, 6.07) is 9.19. The molecule has 1 aromatic heterocycles. The van der Waals surface area contributed by atoms with E-state index in [1.54, 1.807) is 38.6 Å². The molecule has 0 aliphatic carbocycles. The Morgan fingerprint density at radius 2 is 2.00 bits per heavy atom. The number of hydrogen-bond donors (Lipinski definition) is 1. The van der Waals surface area contributed by atoms with Gasteiger partial charge in [0.25, 0.3) is 0 Å². The number of aliphatic hydroxyl groups excluding tert-OH is 1. The Balaban J connectivity index is 2.08. The van der Waals surface area contributed by atoms with Crippen LogP contribution in [-0.2, 0) is 6.54 Å². The zero-order valence-electron chi connectivity index (χ0n) is 13.0. The Morgan fingerprint density at radius 3 is 2.70 bits per heavy atom. The molecule has 0 fully saturated rings. The lowest BCUT2D eigenvalue weighted by Crippen LogP contribution is -2.35. The van der Waals surface area contributed by atoms with Crippen molar-refractivity contribution in [3.63, 3.8) is 0 Å². The molecule has 0 amide bonds. The molecule has 0 radical (unpaired) electrons. The first-order chi connectivity index (χ1) is 11.2. The van der Waals surface area contributed by atoms with Crippen molar-refractivity contribution in [1.82, 2.24) is 4.98 Å². The van der Waals surface area contributed by atoms with E-state index in [0.717, 1.165) is 11.1 Å². The fourth-order valence-electron chi connectivity index (χ4n) is 2.97. The molecule has 1 atom stereocenters. The van der Waals surface area contributed by atoms with Crippen LogP contribution in [0.25, 0.3) is 0 Å².